The molecule has 1 fully saturated rings. The van der Waals surface area contributed by atoms with Crippen LogP contribution in [-0.2, 0) is 0 Å². The highest BCUT2D eigenvalue weighted by molar-refractivity contribution is 5.87. The van der Waals surface area contributed by atoms with E-state index < -0.39 is 11.9 Å². The Morgan fingerprint density at radius 1 is 1.62 bits per heavy atom. The number of aromatic nitrogens is 1. The van der Waals surface area contributed by atoms with Gasteiger partial charge in [-0.2, -0.15) is 4.39 Å². The number of halogens is 1. The minimum Gasteiger partial charge on any atom is -0.478 e. The van der Waals surface area contributed by atoms with Gasteiger partial charge in [-0.25, -0.2) is 9.78 Å². The normalized spacial score (nSPS) is 15.8. The van der Waals surface area contributed by atoms with E-state index in [9.17, 15) is 9.18 Å². The third kappa shape index (κ3) is 1.52. The van der Waals surface area contributed by atoms with Gasteiger partial charge in [0.15, 0.2) is 0 Å². The molecule has 1 saturated carbocycles. The Kier molecular flexibility index (Phi) is 1.76. The molecule has 0 radical (unpaired) electrons. The van der Waals surface area contributed by atoms with Crippen LogP contribution in [0.5, 0.6) is 0 Å². The molecule has 0 saturated heterocycles. The lowest BCUT2D eigenvalue weighted by Crippen LogP contribution is -2.03. The molecule has 0 spiro atoms. The van der Waals surface area contributed by atoms with Gasteiger partial charge in [-0.3, -0.25) is 0 Å². The van der Waals surface area contributed by atoms with Crippen molar-refractivity contribution < 1.29 is 14.3 Å². The van der Waals surface area contributed by atoms with Gasteiger partial charge < -0.3 is 5.11 Å². The van der Waals surface area contributed by atoms with Crippen molar-refractivity contribution in [3.8, 4) is 0 Å². The molecule has 3 nitrogen and oxygen atoms in total. The van der Waals surface area contributed by atoms with E-state index in [1.807, 2.05) is 0 Å². The number of hydrogen-bond acceptors (Lipinski definition) is 2. The number of rotatable bonds is 2. The van der Waals surface area contributed by atoms with Crippen LogP contribution in [0.1, 0.15) is 34.7 Å². The maximum Gasteiger partial charge on any atom is 0.340 e. The molecule has 0 amide bonds. The van der Waals surface area contributed by atoms with Crippen LogP contribution < -0.4 is 0 Å². The lowest BCUT2D eigenvalue weighted by atomic mass is 10.1. The van der Waals surface area contributed by atoms with Crippen molar-refractivity contribution in [2.45, 2.75) is 18.8 Å². The summed E-state index contributed by atoms with van der Waals surface area (Å²) in [6.07, 6.45) is 3.51. The Balaban J connectivity index is 2.41. The van der Waals surface area contributed by atoms with Gasteiger partial charge in [0.25, 0.3) is 0 Å². The smallest absolute Gasteiger partial charge is 0.340 e. The number of pyridine rings is 1. The minimum absolute atomic E-state index is 0.329. The van der Waals surface area contributed by atoms with Crippen LogP contribution in [0, 0.1) is 5.95 Å². The zero-order chi connectivity index (χ0) is 9.42. The Morgan fingerprint density at radius 2 is 2.31 bits per heavy atom. The lowest BCUT2D eigenvalue weighted by molar-refractivity contribution is 0.0690. The number of carbonyl (C=O) groups is 1. The number of nitrogens with zero attached hydrogens (tertiary/aromatic N) is 1. The molecule has 1 aliphatic rings. The maximum atomic E-state index is 12.8. The van der Waals surface area contributed by atoms with Crippen molar-refractivity contribution in [2.75, 3.05) is 0 Å². The predicted octanol–water partition coefficient (Wildman–Crippen LogP) is 1.80. The van der Waals surface area contributed by atoms with E-state index in [4.69, 9.17) is 5.11 Å². The van der Waals surface area contributed by atoms with Gasteiger partial charge in [0, 0.05) is 6.20 Å². The highest BCUT2D eigenvalue weighted by atomic mass is 19.1. The second kappa shape index (κ2) is 2.80. The molecule has 0 unspecified atom stereocenters. The van der Waals surface area contributed by atoms with Gasteiger partial charge in [0.05, 0.1) is 0 Å². The molecule has 68 valence electrons. The molecule has 0 aromatic carbocycles. The number of aromatic carboxylic acids is 1. The largest absolute Gasteiger partial charge is 0.478 e. The molecular formula is C9H8FNO2. The average molecular weight is 181 g/mol. The highest BCUT2D eigenvalue weighted by Gasteiger charge is 2.25. The third-order valence-electron chi connectivity index (χ3n) is 2.14. The minimum atomic E-state index is -1.26. The van der Waals surface area contributed by atoms with E-state index in [0.717, 1.165) is 18.4 Å². The van der Waals surface area contributed by atoms with Crippen molar-refractivity contribution in [3.63, 3.8) is 0 Å². The van der Waals surface area contributed by atoms with Gasteiger partial charge in [-0.05, 0) is 30.4 Å². The first kappa shape index (κ1) is 8.16. The standard InChI is InChI=1S/C9H8FNO2/c10-8-7(9(12)13)3-6(4-11-8)5-1-2-5/h3-5H,1-2H2,(H,12,13). The van der Waals surface area contributed by atoms with Gasteiger partial charge in [0.1, 0.15) is 5.56 Å². The van der Waals surface area contributed by atoms with E-state index >= 15 is 0 Å². The summed E-state index contributed by atoms with van der Waals surface area (Å²) in [6, 6.07) is 1.38. The molecule has 13 heavy (non-hydrogen) atoms. The van der Waals surface area contributed by atoms with Crippen LogP contribution in [-0.4, -0.2) is 16.1 Å². The summed E-state index contributed by atoms with van der Waals surface area (Å²) in [4.78, 5) is 14.0. The van der Waals surface area contributed by atoms with Crippen LogP contribution in [0.4, 0.5) is 4.39 Å². The van der Waals surface area contributed by atoms with Crippen LogP contribution in [0.25, 0.3) is 0 Å². The Labute approximate surface area is 74.2 Å². The number of hydrogen-bond donors (Lipinski definition) is 1. The fourth-order valence-corrected chi connectivity index (χ4v) is 1.25. The van der Waals surface area contributed by atoms with Crippen molar-refractivity contribution in [1.82, 2.24) is 4.98 Å². The van der Waals surface area contributed by atoms with Crippen LogP contribution >= 0.6 is 0 Å². The van der Waals surface area contributed by atoms with Gasteiger partial charge in [-0.1, -0.05) is 0 Å². The van der Waals surface area contributed by atoms with E-state index in [1.165, 1.54) is 12.3 Å². The molecular weight excluding hydrogens is 173 g/mol. The van der Waals surface area contributed by atoms with Crippen LogP contribution in [0.2, 0.25) is 0 Å². The molecule has 0 aliphatic heterocycles. The van der Waals surface area contributed by atoms with E-state index in [2.05, 4.69) is 4.98 Å². The van der Waals surface area contributed by atoms with Crippen molar-refractivity contribution in [2.24, 2.45) is 0 Å². The maximum absolute atomic E-state index is 12.8. The lowest BCUT2D eigenvalue weighted by Gasteiger charge is -2.00. The van der Waals surface area contributed by atoms with Crippen molar-refractivity contribution in [1.29, 1.82) is 0 Å². The summed E-state index contributed by atoms with van der Waals surface area (Å²) in [5, 5.41) is 8.61. The Hall–Kier alpha value is -1.45. The monoisotopic (exact) mass is 181 g/mol. The first-order valence-corrected chi connectivity index (χ1v) is 4.07. The van der Waals surface area contributed by atoms with Crippen molar-refractivity contribution in [3.05, 3.63) is 29.3 Å². The first-order chi connectivity index (χ1) is 6.18. The van der Waals surface area contributed by atoms with E-state index in [1.54, 1.807) is 0 Å². The zero-order valence-corrected chi connectivity index (χ0v) is 6.83. The predicted molar refractivity (Wildman–Crippen MR) is 43.1 cm³/mol. The molecule has 4 heteroatoms. The zero-order valence-electron chi connectivity index (χ0n) is 6.83. The number of carboxylic acids is 1. The van der Waals surface area contributed by atoms with Gasteiger partial charge in [0.2, 0.25) is 5.95 Å². The summed E-state index contributed by atoms with van der Waals surface area (Å²) < 4.78 is 12.8. The Morgan fingerprint density at radius 3 is 2.85 bits per heavy atom. The fourth-order valence-electron chi connectivity index (χ4n) is 1.25. The summed E-state index contributed by atoms with van der Waals surface area (Å²) >= 11 is 0. The van der Waals surface area contributed by atoms with Gasteiger partial charge >= 0.3 is 5.97 Å². The Bertz CT molecular complexity index is 361. The molecule has 0 atom stereocenters. The summed E-state index contributed by atoms with van der Waals surface area (Å²) in [5.41, 5.74) is 0.503. The molecule has 1 N–H and O–H groups in total. The summed E-state index contributed by atoms with van der Waals surface area (Å²) in [5.74, 6) is -1.77. The average Bonchev–Trinajstić information content (AvgIpc) is 2.87. The van der Waals surface area contributed by atoms with Gasteiger partial charge in [-0.15, -0.1) is 0 Å². The highest BCUT2D eigenvalue weighted by Crippen LogP contribution is 2.39. The third-order valence-corrected chi connectivity index (χ3v) is 2.14. The second-order valence-electron chi connectivity index (χ2n) is 3.19. The second-order valence-corrected chi connectivity index (χ2v) is 3.19. The molecule has 1 heterocycles. The summed E-state index contributed by atoms with van der Waals surface area (Å²) in [7, 11) is 0. The topological polar surface area (TPSA) is 50.2 Å². The van der Waals surface area contributed by atoms with Crippen LogP contribution in [0.15, 0.2) is 12.3 Å². The molecule has 0 bridgehead atoms. The van der Waals surface area contributed by atoms with E-state index in [-0.39, 0.29) is 5.56 Å². The van der Waals surface area contributed by atoms with Crippen molar-refractivity contribution >= 4 is 5.97 Å². The fraction of sp³-hybridized carbons (Fsp3) is 0.333. The molecule has 1 aromatic rings. The number of carboxylic acid groups (broad SMARTS) is 1. The quantitative estimate of drug-likeness (QED) is 0.707. The molecule has 1 aromatic heterocycles. The molecule has 1 aliphatic carbocycles. The van der Waals surface area contributed by atoms with E-state index in [0.29, 0.717) is 5.92 Å². The summed E-state index contributed by atoms with van der Waals surface area (Å²) in [6.45, 7) is 0. The SMILES string of the molecule is O=C(O)c1cc(C2CC2)cnc1F. The first-order valence-electron chi connectivity index (χ1n) is 4.07. The molecule has 2 rings (SSSR count). The van der Waals surface area contributed by atoms with Crippen LogP contribution in [0.3, 0.4) is 0 Å².